The van der Waals surface area contributed by atoms with Crippen LogP contribution in [0, 0.1) is 0 Å². The predicted octanol–water partition coefficient (Wildman–Crippen LogP) is 3.34. The molecule has 29 heavy (non-hydrogen) atoms. The number of benzene rings is 1. The first-order valence-corrected chi connectivity index (χ1v) is 9.22. The largest absolute Gasteiger partial charge is 0.482 e. The van der Waals surface area contributed by atoms with Crippen LogP contribution in [0.25, 0.3) is 0 Å². The first-order valence-electron chi connectivity index (χ1n) is 9.22. The molecule has 1 aliphatic rings. The average Bonchev–Trinajstić information content (AvgIpc) is 2.57. The number of halogens is 3. The van der Waals surface area contributed by atoms with Gasteiger partial charge in [0, 0.05) is 24.7 Å². The van der Waals surface area contributed by atoms with Crippen molar-refractivity contribution in [2.75, 3.05) is 25.4 Å². The molecule has 10 heteroatoms. The van der Waals surface area contributed by atoms with Crippen molar-refractivity contribution < 1.29 is 32.2 Å². The van der Waals surface area contributed by atoms with Crippen molar-refractivity contribution in [3.8, 4) is 5.75 Å². The lowest BCUT2D eigenvalue weighted by molar-refractivity contribution is -0.153. The van der Waals surface area contributed by atoms with Crippen molar-refractivity contribution in [2.45, 2.75) is 51.4 Å². The Hall–Kier alpha value is -2.65. The lowest BCUT2D eigenvalue weighted by Gasteiger charge is -2.33. The molecule has 1 heterocycles. The molecule has 0 unspecified atom stereocenters. The van der Waals surface area contributed by atoms with Crippen molar-refractivity contribution in [2.24, 2.45) is 0 Å². The number of piperidine rings is 1. The molecule has 1 saturated heterocycles. The predicted molar refractivity (Wildman–Crippen MR) is 101 cm³/mol. The number of rotatable bonds is 4. The first-order chi connectivity index (χ1) is 13.3. The molecule has 0 aromatic heterocycles. The van der Waals surface area contributed by atoms with Crippen LogP contribution in [0.15, 0.2) is 18.2 Å². The monoisotopic (exact) mass is 417 g/mol. The first kappa shape index (κ1) is 22.6. The number of carbonyl (C=O) groups excluding carboxylic acids is 2. The molecule has 7 nitrogen and oxygen atoms in total. The highest BCUT2D eigenvalue weighted by molar-refractivity contribution is 5.95. The number of nitrogen functional groups attached to an aromatic ring is 1. The Labute approximate surface area is 167 Å². The zero-order valence-corrected chi connectivity index (χ0v) is 16.6. The molecule has 1 fully saturated rings. The number of alkyl carbamates (subject to hydrolysis) is 1. The van der Waals surface area contributed by atoms with E-state index in [1.165, 1.54) is 18.2 Å². The summed E-state index contributed by atoms with van der Waals surface area (Å²) in [5.74, 6) is -0.461. The molecular formula is C19H26F3N3O4. The summed E-state index contributed by atoms with van der Waals surface area (Å²) < 4.78 is 46.7. The summed E-state index contributed by atoms with van der Waals surface area (Å²) in [6.07, 6.45) is -3.64. The van der Waals surface area contributed by atoms with Gasteiger partial charge in [0.05, 0.1) is 5.69 Å². The molecule has 1 aliphatic heterocycles. The van der Waals surface area contributed by atoms with Gasteiger partial charge >= 0.3 is 12.3 Å². The van der Waals surface area contributed by atoms with Gasteiger partial charge in [-0.25, -0.2) is 4.79 Å². The maximum absolute atomic E-state index is 12.7. The van der Waals surface area contributed by atoms with Gasteiger partial charge in [-0.05, 0) is 51.8 Å². The van der Waals surface area contributed by atoms with Crippen LogP contribution in [0.5, 0.6) is 5.75 Å². The number of nitrogens with zero attached hydrogens (tertiary/aromatic N) is 1. The Morgan fingerprint density at radius 2 is 1.97 bits per heavy atom. The average molecular weight is 417 g/mol. The molecule has 2 amide bonds. The van der Waals surface area contributed by atoms with E-state index >= 15 is 0 Å². The highest BCUT2D eigenvalue weighted by atomic mass is 19.4. The minimum Gasteiger partial charge on any atom is -0.482 e. The maximum atomic E-state index is 12.7. The minimum atomic E-state index is -4.48. The lowest BCUT2D eigenvalue weighted by Crippen LogP contribution is -2.50. The van der Waals surface area contributed by atoms with Gasteiger partial charge in [-0.15, -0.1) is 0 Å². The molecule has 1 aromatic carbocycles. The van der Waals surface area contributed by atoms with Crippen LogP contribution < -0.4 is 15.8 Å². The van der Waals surface area contributed by atoms with Crippen LogP contribution in [-0.4, -0.2) is 54.4 Å². The van der Waals surface area contributed by atoms with Gasteiger partial charge in [0.2, 0.25) is 0 Å². The van der Waals surface area contributed by atoms with Gasteiger partial charge in [-0.2, -0.15) is 13.2 Å². The quantitative estimate of drug-likeness (QED) is 0.733. The molecule has 0 radical (unpaired) electrons. The van der Waals surface area contributed by atoms with Crippen LogP contribution >= 0.6 is 0 Å². The number of hydrogen-bond donors (Lipinski definition) is 2. The van der Waals surface area contributed by atoms with E-state index in [-0.39, 0.29) is 28.9 Å². The SMILES string of the molecule is CC(C)(C)OC(=O)N[C@@H]1CCCN(C(=O)c2ccc(OCC(F)(F)F)c(N)c2)C1. The number of likely N-dealkylation sites (tertiary alicyclic amines) is 1. The number of ether oxygens (including phenoxy) is 2. The highest BCUT2D eigenvalue weighted by Crippen LogP contribution is 2.26. The Kier molecular flexibility index (Phi) is 6.86. The van der Waals surface area contributed by atoms with Crippen LogP contribution in [0.4, 0.5) is 23.7 Å². The van der Waals surface area contributed by atoms with E-state index in [2.05, 4.69) is 10.1 Å². The van der Waals surface area contributed by atoms with Crippen molar-refractivity contribution in [3.63, 3.8) is 0 Å². The number of alkyl halides is 3. The zero-order valence-electron chi connectivity index (χ0n) is 16.6. The topological polar surface area (TPSA) is 93.9 Å². The third-order valence-corrected chi connectivity index (χ3v) is 4.08. The number of nitrogens with one attached hydrogen (secondary N) is 1. The van der Waals surface area contributed by atoms with Gasteiger partial charge < -0.3 is 25.4 Å². The van der Waals surface area contributed by atoms with E-state index in [9.17, 15) is 22.8 Å². The molecule has 1 aromatic rings. The number of amides is 2. The molecule has 0 saturated carbocycles. The molecule has 3 N–H and O–H groups in total. The Balaban J connectivity index is 1.98. The van der Waals surface area contributed by atoms with Crippen LogP contribution in [0.3, 0.4) is 0 Å². The summed E-state index contributed by atoms with van der Waals surface area (Å²) >= 11 is 0. The lowest BCUT2D eigenvalue weighted by atomic mass is 10.0. The summed E-state index contributed by atoms with van der Waals surface area (Å²) in [5.41, 5.74) is 5.29. The molecule has 0 spiro atoms. The third-order valence-electron chi connectivity index (χ3n) is 4.08. The second-order valence-electron chi connectivity index (χ2n) is 7.89. The molecule has 0 bridgehead atoms. The Morgan fingerprint density at radius 1 is 1.28 bits per heavy atom. The highest BCUT2D eigenvalue weighted by Gasteiger charge is 2.30. The number of nitrogens with two attached hydrogens (primary N) is 1. The minimum absolute atomic E-state index is 0.0551. The normalized spacial score (nSPS) is 17.6. The van der Waals surface area contributed by atoms with Crippen molar-refractivity contribution in [1.29, 1.82) is 0 Å². The van der Waals surface area contributed by atoms with Crippen molar-refractivity contribution >= 4 is 17.7 Å². The third kappa shape index (κ3) is 7.35. The Bertz CT molecular complexity index is 747. The van der Waals surface area contributed by atoms with Gasteiger partial charge in [0.15, 0.2) is 6.61 Å². The fourth-order valence-electron chi connectivity index (χ4n) is 2.91. The summed E-state index contributed by atoms with van der Waals surface area (Å²) in [5, 5.41) is 2.76. The molecule has 1 atom stereocenters. The van der Waals surface area contributed by atoms with Crippen LogP contribution in [0.1, 0.15) is 44.0 Å². The summed E-state index contributed by atoms with van der Waals surface area (Å²) in [6, 6.07) is 3.65. The molecule has 2 rings (SSSR count). The van der Waals surface area contributed by atoms with Crippen LogP contribution in [-0.2, 0) is 4.74 Å². The van der Waals surface area contributed by atoms with Gasteiger partial charge in [0.25, 0.3) is 5.91 Å². The van der Waals surface area contributed by atoms with Gasteiger partial charge in [-0.3, -0.25) is 4.79 Å². The second kappa shape index (κ2) is 8.79. The standard InChI is InChI=1S/C19H26F3N3O4/c1-18(2,3)29-17(27)24-13-5-4-8-25(10-13)16(26)12-6-7-15(14(23)9-12)28-11-19(20,21)22/h6-7,9,13H,4-5,8,10-11,23H2,1-3H3,(H,24,27)/t13-/m1/s1. The van der Waals surface area contributed by atoms with E-state index in [0.717, 1.165) is 0 Å². The zero-order chi connectivity index (χ0) is 21.8. The fraction of sp³-hybridized carbons (Fsp3) is 0.579. The molecular weight excluding hydrogens is 391 g/mol. The van der Waals surface area contributed by atoms with Crippen LogP contribution in [0.2, 0.25) is 0 Å². The van der Waals surface area contributed by atoms with Gasteiger partial charge in [0.1, 0.15) is 11.4 Å². The number of carbonyl (C=O) groups is 2. The van der Waals surface area contributed by atoms with Crippen molar-refractivity contribution in [3.05, 3.63) is 23.8 Å². The van der Waals surface area contributed by atoms with Crippen molar-refractivity contribution in [1.82, 2.24) is 10.2 Å². The summed E-state index contributed by atoms with van der Waals surface area (Å²) in [4.78, 5) is 26.3. The smallest absolute Gasteiger partial charge is 0.422 e. The second-order valence-corrected chi connectivity index (χ2v) is 7.89. The van der Waals surface area contributed by atoms with E-state index in [1.54, 1.807) is 25.7 Å². The summed E-state index contributed by atoms with van der Waals surface area (Å²) in [6.45, 7) is 4.61. The number of anilines is 1. The van der Waals surface area contributed by atoms with Gasteiger partial charge in [-0.1, -0.05) is 0 Å². The maximum Gasteiger partial charge on any atom is 0.422 e. The fourth-order valence-corrected chi connectivity index (χ4v) is 2.91. The molecule has 0 aliphatic carbocycles. The van der Waals surface area contributed by atoms with E-state index in [1.807, 2.05) is 0 Å². The van der Waals surface area contributed by atoms with E-state index in [0.29, 0.717) is 25.9 Å². The van der Waals surface area contributed by atoms with E-state index < -0.39 is 24.5 Å². The Morgan fingerprint density at radius 3 is 2.55 bits per heavy atom. The molecule has 162 valence electrons. The van der Waals surface area contributed by atoms with E-state index in [4.69, 9.17) is 10.5 Å². The number of hydrogen-bond acceptors (Lipinski definition) is 5. The summed E-state index contributed by atoms with van der Waals surface area (Å²) in [7, 11) is 0.